The predicted octanol–water partition coefficient (Wildman–Crippen LogP) is 1.68. The number of nitrogens with zero attached hydrogens (tertiary/aromatic N) is 3. The third kappa shape index (κ3) is 2.36. The molecule has 0 aromatic carbocycles. The summed E-state index contributed by atoms with van der Waals surface area (Å²) in [5.41, 5.74) is 0. The minimum atomic E-state index is -0.761. The highest BCUT2D eigenvalue weighted by Crippen LogP contribution is 2.06. The summed E-state index contributed by atoms with van der Waals surface area (Å²) in [5, 5.41) is 0.224. The molecule has 0 aliphatic carbocycles. The first-order valence-corrected chi connectivity index (χ1v) is 4.53. The molecule has 1 unspecified atom stereocenters. The van der Waals surface area contributed by atoms with Gasteiger partial charge in [0.15, 0.2) is 11.2 Å². The molecule has 1 heterocycles. The van der Waals surface area contributed by atoms with Gasteiger partial charge in [-0.2, -0.15) is 4.40 Å². The van der Waals surface area contributed by atoms with Crippen LogP contribution in [-0.4, -0.2) is 18.2 Å². The Labute approximate surface area is 72.8 Å². The molecule has 4 nitrogen and oxygen atoms in total. The fourth-order valence-electron chi connectivity index (χ4n) is 0.540. The molecule has 0 fully saturated rings. The van der Waals surface area contributed by atoms with Crippen LogP contribution in [0.4, 0.5) is 0 Å². The molecule has 0 radical (unpaired) electrons. The van der Waals surface area contributed by atoms with Gasteiger partial charge in [0, 0.05) is 6.42 Å². The van der Waals surface area contributed by atoms with E-state index in [-0.39, 0.29) is 5.29 Å². The lowest BCUT2D eigenvalue weighted by molar-refractivity contribution is 0.480. The molecule has 0 bridgehead atoms. The maximum Gasteiger partial charge on any atom is 0.234 e. The Hall–Kier alpha value is -0.260. The number of hydrogen-bond acceptors (Lipinski definition) is 4. The molecular formula is C5H8ClN3OS. The molecule has 1 aliphatic rings. The third-order valence-electron chi connectivity index (χ3n) is 1.02. The van der Waals surface area contributed by atoms with E-state index >= 15 is 0 Å². The predicted molar refractivity (Wildman–Crippen MR) is 47.8 cm³/mol. The van der Waals surface area contributed by atoms with Gasteiger partial charge in [-0.3, -0.25) is 4.18 Å². The van der Waals surface area contributed by atoms with Crippen molar-refractivity contribution >= 4 is 33.9 Å². The summed E-state index contributed by atoms with van der Waals surface area (Å²) in [6.07, 6.45) is 0.749. The highest BCUT2D eigenvalue weighted by Gasteiger charge is 2.05. The van der Waals surface area contributed by atoms with Crippen LogP contribution in [0.1, 0.15) is 13.3 Å². The van der Waals surface area contributed by atoms with Crippen LogP contribution in [0.2, 0.25) is 0 Å². The number of rotatable bonds is 2. The van der Waals surface area contributed by atoms with Crippen molar-refractivity contribution in [2.45, 2.75) is 13.3 Å². The van der Waals surface area contributed by atoms with E-state index in [2.05, 4.69) is 13.8 Å². The molecule has 0 spiro atoms. The van der Waals surface area contributed by atoms with Crippen LogP contribution in [0.15, 0.2) is 13.8 Å². The van der Waals surface area contributed by atoms with E-state index in [4.69, 9.17) is 15.8 Å². The molecule has 0 amide bonds. The Morgan fingerprint density at radius 2 is 2.36 bits per heavy atom. The number of hydrogen-bond donors (Lipinski definition) is 0. The van der Waals surface area contributed by atoms with Crippen molar-refractivity contribution in [3.05, 3.63) is 0 Å². The molecule has 1 aliphatic heterocycles. The maximum absolute atomic E-state index is 5.59. The molecular weight excluding hydrogens is 186 g/mol. The lowest BCUT2D eigenvalue weighted by Gasteiger charge is -2.04. The second-order valence-corrected chi connectivity index (χ2v) is 3.23. The van der Waals surface area contributed by atoms with Gasteiger partial charge in [-0.15, -0.1) is 4.36 Å². The third-order valence-corrected chi connectivity index (χ3v) is 2.29. The standard InChI is InChI=1S/C5H8ClN3OS/c1-3-4-7-5(6)9-11(8-4)10-2/h3H2,1-2H3. The zero-order valence-corrected chi connectivity index (χ0v) is 7.82. The van der Waals surface area contributed by atoms with E-state index in [9.17, 15) is 0 Å². The molecule has 62 valence electrons. The van der Waals surface area contributed by atoms with Gasteiger partial charge in [-0.1, -0.05) is 6.92 Å². The largest absolute Gasteiger partial charge is 0.292 e. The molecule has 1 rings (SSSR count). The zero-order chi connectivity index (χ0) is 8.27. The van der Waals surface area contributed by atoms with Gasteiger partial charge in [-0.05, 0) is 11.6 Å². The molecule has 0 aromatic heterocycles. The average molecular weight is 194 g/mol. The monoisotopic (exact) mass is 193 g/mol. The molecule has 0 N–H and O–H groups in total. The zero-order valence-electron chi connectivity index (χ0n) is 6.24. The van der Waals surface area contributed by atoms with Crippen LogP contribution in [0.25, 0.3) is 0 Å². The first-order chi connectivity index (χ1) is 5.26. The molecule has 1 atom stereocenters. The van der Waals surface area contributed by atoms with E-state index in [0.29, 0.717) is 5.84 Å². The highest BCUT2D eigenvalue weighted by atomic mass is 35.5. The molecule has 0 saturated carbocycles. The Morgan fingerprint density at radius 1 is 1.64 bits per heavy atom. The summed E-state index contributed by atoms with van der Waals surface area (Å²) in [6, 6.07) is 0. The van der Waals surface area contributed by atoms with Crippen molar-refractivity contribution in [1.29, 1.82) is 0 Å². The van der Waals surface area contributed by atoms with Gasteiger partial charge < -0.3 is 0 Å². The van der Waals surface area contributed by atoms with Crippen LogP contribution >= 0.6 is 11.6 Å². The number of halogens is 1. The normalized spacial score (nSPS) is 23.7. The highest BCUT2D eigenvalue weighted by molar-refractivity contribution is 7.81. The lowest BCUT2D eigenvalue weighted by atomic mass is 10.5. The van der Waals surface area contributed by atoms with Gasteiger partial charge in [-0.25, -0.2) is 4.99 Å². The average Bonchev–Trinajstić information content (AvgIpc) is 2.03. The van der Waals surface area contributed by atoms with Gasteiger partial charge in [0.25, 0.3) is 0 Å². The first kappa shape index (κ1) is 8.83. The SMILES string of the molecule is CCC1=NS(OC)=NC(Cl)=N1. The van der Waals surface area contributed by atoms with Crippen LogP contribution in [-0.2, 0) is 15.3 Å². The quantitative estimate of drug-likeness (QED) is 0.616. The topological polar surface area (TPSA) is 46.3 Å². The second kappa shape index (κ2) is 3.94. The fourth-order valence-corrected chi connectivity index (χ4v) is 1.52. The van der Waals surface area contributed by atoms with Crippen LogP contribution in [0, 0.1) is 0 Å². The van der Waals surface area contributed by atoms with Crippen molar-refractivity contribution in [2.75, 3.05) is 7.11 Å². The minimum absolute atomic E-state index is 0.224. The van der Waals surface area contributed by atoms with E-state index in [1.165, 1.54) is 0 Å². The number of amidine groups is 2. The number of aliphatic imine (C=N–C) groups is 1. The van der Waals surface area contributed by atoms with Gasteiger partial charge >= 0.3 is 0 Å². The van der Waals surface area contributed by atoms with Crippen LogP contribution < -0.4 is 0 Å². The van der Waals surface area contributed by atoms with E-state index < -0.39 is 11.2 Å². The van der Waals surface area contributed by atoms with Crippen LogP contribution in [0.5, 0.6) is 0 Å². The van der Waals surface area contributed by atoms with Crippen molar-refractivity contribution in [1.82, 2.24) is 0 Å². The van der Waals surface area contributed by atoms with Crippen molar-refractivity contribution in [2.24, 2.45) is 13.8 Å². The van der Waals surface area contributed by atoms with Gasteiger partial charge in [0.05, 0.1) is 7.11 Å². The van der Waals surface area contributed by atoms with Crippen molar-refractivity contribution in [3.63, 3.8) is 0 Å². The lowest BCUT2D eigenvalue weighted by Crippen LogP contribution is -2.05. The smallest absolute Gasteiger partial charge is 0.234 e. The molecule has 0 aromatic rings. The van der Waals surface area contributed by atoms with Gasteiger partial charge in [0.1, 0.15) is 5.84 Å². The summed E-state index contributed by atoms with van der Waals surface area (Å²) < 4.78 is 12.8. The minimum Gasteiger partial charge on any atom is -0.292 e. The molecule has 11 heavy (non-hydrogen) atoms. The van der Waals surface area contributed by atoms with Crippen molar-refractivity contribution < 1.29 is 4.18 Å². The molecule has 0 saturated heterocycles. The van der Waals surface area contributed by atoms with E-state index in [1.54, 1.807) is 7.11 Å². The van der Waals surface area contributed by atoms with E-state index in [1.807, 2.05) is 6.92 Å². The second-order valence-electron chi connectivity index (χ2n) is 1.73. The van der Waals surface area contributed by atoms with Gasteiger partial charge in [0.2, 0.25) is 5.29 Å². The Bertz CT molecular complexity index is 243. The Morgan fingerprint density at radius 3 is 2.91 bits per heavy atom. The maximum atomic E-state index is 5.59. The fraction of sp³-hybridized carbons (Fsp3) is 0.600. The summed E-state index contributed by atoms with van der Waals surface area (Å²) in [6.45, 7) is 1.95. The Balaban J connectivity index is 2.88. The Kier molecular flexibility index (Phi) is 3.16. The first-order valence-electron chi connectivity index (χ1n) is 3.08. The van der Waals surface area contributed by atoms with Crippen molar-refractivity contribution in [3.8, 4) is 0 Å². The van der Waals surface area contributed by atoms with E-state index in [0.717, 1.165) is 6.42 Å². The molecule has 6 heteroatoms. The summed E-state index contributed by atoms with van der Waals surface area (Å²) in [7, 11) is 1.54. The summed E-state index contributed by atoms with van der Waals surface area (Å²) in [5.74, 6) is 0.690. The van der Waals surface area contributed by atoms with Crippen LogP contribution in [0.3, 0.4) is 0 Å². The summed E-state index contributed by atoms with van der Waals surface area (Å²) in [4.78, 5) is 3.89. The summed E-state index contributed by atoms with van der Waals surface area (Å²) >= 11 is 4.83.